The highest BCUT2D eigenvalue weighted by Gasteiger charge is 2.39. The minimum Gasteiger partial charge on any atom is -0.496 e. The van der Waals surface area contributed by atoms with Gasteiger partial charge in [0.25, 0.3) is 0 Å². The Morgan fingerprint density at radius 3 is 2.21 bits per heavy atom. The summed E-state index contributed by atoms with van der Waals surface area (Å²) in [4.78, 5) is 0. The van der Waals surface area contributed by atoms with Gasteiger partial charge < -0.3 is 15.2 Å². The van der Waals surface area contributed by atoms with Crippen molar-refractivity contribution in [1.29, 1.82) is 0 Å². The zero-order valence-corrected chi connectivity index (χ0v) is 12.0. The molecule has 3 nitrogen and oxygen atoms in total. The standard InChI is InChI=1S/C15H22FNO2/c1-14(2,16)11-7-10(9-15(17)5-6-15)12(18-3)8-13(11)19-4/h7-8H,5-6,9,17H2,1-4H3. The molecule has 0 radical (unpaired) electrons. The Bertz CT molecular complexity index is 476. The predicted molar refractivity (Wildman–Crippen MR) is 73.5 cm³/mol. The van der Waals surface area contributed by atoms with E-state index in [-0.39, 0.29) is 5.54 Å². The van der Waals surface area contributed by atoms with Gasteiger partial charge in [-0.1, -0.05) is 0 Å². The van der Waals surface area contributed by atoms with Gasteiger partial charge in [-0.3, -0.25) is 0 Å². The first-order valence-corrected chi connectivity index (χ1v) is 6.52. The SMILES string of the molecule is COc1cc(OC)c(C(C)(C)F)cc1CC1(N)CC1. The minimum absolute atomic E-state index is 0.139. The van der Waals surface area contributed by atoms with Gasteiger partial charge in [0.15, 0.2) is 0 Å². The van der Waals surface area contributed by atoms with Crippen LogP contribution in [-0.4, -0.2) is 19.8 Å². The van der Waals surface area contributed by atoms with E-state index in [1.165, 1.54) is 21.0 Å². The third-order valence-corrected chi connectivity index (χ3v) is 3.68. The topological polar surface area (TPSA) is 44.5 Å². The maximum absolute atomic E-state index is 14.3. The molecule has 2 N–H and O–H groups in total. The highest BCUT2D eigenvalue weighted by molar-refractivity contribution is 5.49. The van der Waals surface area contributed by atoms with Crippen LogP contribution >= 0.6 is 0 Å². The van der Waals surface area contributed by atoms with Crippen LogP contribution in [-0.2, 0) is 12.1 Å². The van der Waals surface area contributed by atoms with Gasteiger partial charge in [0.05, 0.1) is 14.2 Å². The van der Waals surface area contributed by atoms with Crippen LogP contribution in [0.15, 0.2) is 12.1 Å². The second kappa shape index (κ2) is 4.67. The van der Waals surface area contributed by atoms with Crippen molar-refractivity contribution in [2.45, 2.75) is 44.3 Å². The highest BCUT2D eigenvalue weighted by atomic mass is 19.1. The number of hydrogen-bond donors (Lipinski definition) is 1. The van der Waals surface area contributed by atoms with Crippen LogP contribution in [0.5, 0.6) is 11.5 Å². The quantitative estimate of drug-likeness (QED) is 0.892. The molecular formula is C15H22FNO2. The molecule has 0 unspecified atom stereocenters. The van der Waals surface area contributed by atoms with Gasteiger partial charge in [-0.05, 0) is 44.7 Å². The number of rotatable bonds is 5. The Morgan fingerprint density at radius 1 is 1.21 bits per heavy atom. The molecule has 2 rings (SSSR count). The molecule has 0 aromatic heterocycles. The molecule has 0 saturated heterocycles. The zero-order valence-electron chi connectivity index (χ0n) is 12.0. The molecule has 0 bridgehead atoms. The van der Waals surface area contributed by atoms with Gasteiger partial charge in [-0.2, -0.15) is 0 Å². The summed E-state index contributed by atoms with van der Waals surface area (Å²) < 4.78 is 24.9. The Labute approximate surface area is 113 Å². The van der Waals surface area contributed by atoms with E-state index in [2.05, 4.69) is 0 Å². The fourth-order valence-electron chi connectivity index (χ4n) is 2.28. The molecule has 4 heteroatoms. The van der Waals surface area contributed by atoms with Crippen LogP contribution in [0.2, 0.25) is 0 Å². The number of nitrogens with two attached hydrogens (primary N) is 1. The predicted octanol–water partition coefficient (Wildman–Crippen LogP) is 2.94. The van der Waals surface area contributed by atoms with E-state index in [4.69, 9.17) is 15.2 Å². The van der Waals surface area contributed by atoms with Crippen molar-refractivity contribution >= 4 is 0 Å². The lowest BCUT2D eigenvalue weighted by atomic mass is 9.93. The van der Waals surface area contributed by atoms with Crippen LogP contribution in [0.25, 0.3) is 0 Å². The Balaban J connectivity index is 2.46. The fourth-order valence-corrected chi connectivity index (χ4v) is 2.28. The summed E-state index contributed by atoms with van der Waals surface area (Å²) in [5.41, 5.74) is 6.04. The molecule has 0 aliphatic heterocycles. The van der Waals surface area contributed by atoms with Gasteiger partial charge in [-0.15, -0.1) is 0 Å². The maximum Gasteiger partial charge on any atom is 0.134 e. The number of alkyl halides is 1. The highest BCUT2D eigenvalue weighted by Crippen LogP contribution is 2.42. The van der Waals surface area contributed by atoms with E-state index in [1.807, 2.05) is 6.07 Å². The first-order chi connectivity index (χ1) is 8.79. The first-order valence-electron chi connectivity index (χ1n) is 6.52. The average Bonchev–Trinajstić information content (AvgIpc) is 3.05. The lowest BCUT2D eigenvalue weighted by Gasteiger charge is -2.22. The van der Waals surface area contributed by atoms with Gasteiger partial charge in [0.1, 0.15) is 17.2 Å². The molecule has 1 aromatic carbocycles. The number of hydrogen-bond acceptors (Lipinski definition) is 3. The van der Waals surface area contributed by atoms with Crippen molar-refractivity contribution in [3.63, 3.8) is 0 Å². The second-order valence-electron chi connectivity index (χ2n) is 5.88. The number of methoxy groups -OCH3 is 2. The summed E-state index contributed by atoms with van der Waals surface area (Å²) in [6.07, 6.45) is 2.73. The maximum atomic E-state index is 14.3. The largest absolute Gasteiger partial charge is 0.496 e. The summed E-state index contributed by atoms with van der Waals surface area (Å²) in [5, 5.41) is 0. The average molecular weight is 267 g/mol. The molecule has 0 atom stereocenters. The number of benzene rings is 1. The minimum atomic E-state index is -1.46. The molecule has 1 aliphatic rings. The summed E-state index contributed by atoms with van der Waals surface area (Å²) in [7, 11) is 3.14. The molecule has 1 saturated carbocycles. The Kier molecular flexibility index (Phi) is 3.47. The van der Waals surface area contributed by atoms with Crippen molar-refractivity contribution in [3.05, 3.63) is 23.3 Å². The third kappa shape index (κ3) is 3.00. The zero-order chi connectivity index (χ0) is 14.3. The van der Waals surface area contributed by atoms with Crippen molar-refractivity contribution in [2.75, 3.05) is 14.2 Å². The fraction of sp³-hybridized carbons (Fsp3) is 0.600. The van der Waals surface area contributed by atoms with Crippen LogP contribution < -0.4 is 15.2 Å². The number of ether oxygens (including phenoxy) is 2. The summed E-state index contributed by atoms with van der Waals surface area (Å²) in [6, 6.07) is 3.57. The van der Waals surface area contributed by atoms with Gasteiger partial charge in [0.2, 0.25) is 0 Å². The summed E-state index contributed by atoms with van der Waals surface area (Å²) in [6.45, 7) is 3.05. The lowest BCUT2D eigenvalue weighted by molar-refractivity contribution is 0.213. The van der Waals surface area contributed by atoms with E-state index in [0.717, 1.165) is 18.4 Å². The van der Waals surface area contributed by atoms with Crippen molar-refractivity contribution in [2.24, 2.45) is 5.73 Å². The lowest BCUT2D eigenvalue weighted by Crippen LogP contribution is -2.25. The Morgan fingerprint density at radius 2 is 1.79 bits per heavy atom. The van der Waals surface area contributed by atoms with E-state index >= 15 is 0 Å². The van der Waals surface area contributed by atoms with Gasteiger partial charge >= 0.3 is 0 Å². The molecule has 0 heterocycles. The molecule has 1 aliphatic carbocycles. The summed E-state index contributed by atoms with van der Waals surface area (Å²) in [5.74, 6) is 1.22. The normalized spacial score (nSPS) is 17.2. The molecule has 19 heavy (non-hydrogen) atoms. The monoisotopic (exact) mass is 267 g/mol. The molecule has 1 aromatic rings. The third-order valence-electron chi connectivity index (χ3n) is 3.68. The van der Waals surface area contributed by atoms with Gasteiger partial charge in [0, 0.05) is 17.2 Å². The van der Waals surface area contributed by atoms with Gasteiger partial charge in [-0.25, -0.2) is 4.39 Å². The van der Waals surface area contributed by atoms with Crippen LogP contribution in [0.1, 0.15) is 37.8 Å². The van der Waals surface area contributed by atoms with Crippen LogP contribution in [0.4, 0.5) is 4.39 Å². The van der Waals surface area contributed by atoms with Crippen LogP contribution in [0, 0.1) is 0 Å². The smallest absolute Gasteiger partial charge is 0.134 e. The molecular weight excluding hydrogens is 245 g/mol. The molecule has 0 spiro atoms. The van der Waals surface area contributed by atoms with E-state index in [1.54, 1.807) is 13.2 Å². The molecule has 1 fully saturated rings. The summed E-state index contributed by atoms with van der Waals surface area (Å²) >= 11 is 0. The van der Waals surface area contributed by atoms with E-state index < -0.39 is 5.67 Å². The van der Waals surface area contributed by atoms with Crippen LogP contribution in [0.3, 0.4) is 0 Å². The molecule has 106 valence electrons. The second-order valence-corrected chi connectivity index (χ2v) is 5.88. The van der Waals surface area contributed by atoms with Crippen molar-refractivity contribution in [1.82, 2.24) is 0 Å². The van der Waals surface area contributed by atoms with Crippen molar-refractivity contribution < 1.29 is 13.9 Å². The van der Waals surface area contributed by atoms with E-state index in [0.29, 0.717) is 23.5 Å². The van der Waals surface area contributed by atoms with E-state index in [9.17, 15) is 4.39 Å². The molecule has 0 amide bonds. The Hall–Kier alpha value is -1.29. The first kappa shape index (κ1) is 14.1. The number of halogens is 1. The van der Waals surface area contributed by atoms with Crippen molar-refractivity contribution in [3.8, 4) is 11.5 Å².